The number of nitrogens with zero attached hydrogens (tertiary/aromatic N) is 1. The molecule has 0 fully saturated rings. The summed E-state index contributed by atoms with van der Waals surface area (Å²) in [4.78, 5) is 23.6. The Morgan fingerprint density at radius 2 is 2.00 bits per heavy atom. The molecule has 0 atom stereocenters. The van der Waals surface area contributed by atoms with Gasteiger partial charge in [-0.3, -0.25) is 9.59 Å². The van der Waals surface area contributed by atoms with Crippen LogP contribution < -0.4 is 10.2 Å². The molecule has 0 saturated carbocycles. The van der Waals surface area contributed by atoms with Crippen LogP contribution >= 0.6 is 11.6 Å². The molecule has 1 aromatic rings. The van der Waals surface area contributed by atoms with Crippen molar-refractivity contribution in [2.24, 2.45) is 0 Å². The van der Waals surface area contributed by atoms with Gasteiger partial charge in [0, 0.05) is 26.2 Å². The average Bonchev–Trinajstić information content (AvgIpc) is 2.26. The molecule has 0 radical (unpaired) electrons. The van der Waals surface area contributed by atoms with Gasteiger partial charge >= 0.3 is 5.97 Å². The van der Waals surface area contributed by atoms with Gasteiger partial charge in [0.25, 0.3) is 0 Å². The first kappa shape index (κ1) is 14.3. The molecule has 98 valence electrons. The lowest BCUT2D eigenvalue weighted by Gasteiger charge is -2.15. The number of carboxylic acids is 1. The van der Waals surface area contributed by atoms with E-state index in [0.717, 1.165) is 5.69 Å². The van der Waals surface area contributed by atoms with Gasteiger partial charge in [0.05, 0.1) is 17.1 Å². The Labute approximate surface area is 110 Å². The number of hydrogen-bond donors (Lipinski definition) is 2. The van der Waals surface area contributed by atoms with E-state index in [1.165, 1.54) is 0 Å². The van der Waals surface area contributed by atoms with Gasteiger partial charge in [0.2, 0.25) is 5.91 Å². The van der Waals surface area contributed by atoms with Crippen molar-refractivity contribution >= 4 is 34.9 Å². The molecule has 0 aromatic heterocycles. The monoisotopic (exact) mass is 270 g/mol. The van der Waals surface area contributed by atoms with Crippen LogP contribution in [0.2, 0.25) is 5.02 Å². The van der Waals surface area contributed by atoms with Crippen LogP contribution in [0.4, 0.5) is 11.4 Å². The van der Waals surface area contributed by atoms with Crippen molar-refractivity contribution in [3.8, 4) is 0 Å². The summed E-state index contributed by atoms with van der Waals surface area (Å²) in [5.41, 5.74) is 1.40. The molecule has 5 nitrogen and oxygen atoms in total. The summed E-state index contributed by atoms with van der Waals surface area (Å²) in [6, 6.07) is 5.14. The van der Waals surface area contributed by atoms with Crippen LogP contribution in [0.25, 0.3) is 0 Å². The maximum Gasteiger partial charge on any atom is 0.303 e. The minimum absolute atomic E-state index is 0.0532. The molecule has 0 unspecified atom stereocenters. The van der Waals surface area contributed by atoms with Crippen molar-refractivity contribution in [1.82, 2.24) is 0 Å². The van der Waals surface area contributed by atoms with E-state index in [0.29, 0.717) is 10.7 Å². The number of halogens is 1. The van der Waals surface area contributed by atoms with Gasteiger partial charge in [0.1, 0.15) is 0 Å². The first-order valence-electron chi connectivity index (χ1n) is 5.38. The van der Waals surface area contributed by atoms with Crippen LogP contribution in [0.3, 0.4) is 0 Å². The third kappa shape index (κ3) is 4.25. The van der Waals surface area contributed by atoms with E-state index in [2.05, 4.69) is 5.32 Å². The maximum absolute atomic E-state index is 11.4. The van der Waals surface area contributed by atoms with E-state index in [4.69, 9.17) is 16.7 Å². The highest BCUT2D eigenvalue weighted by molar-refractivity contribution is 6.33. The van der Waals surface area contributed by atoms with Crippen molar-refractivity contribution in [3.05, 3.63) is 23.2 Å². The number of nitrogens with one attached hydrogen (secondary N) is 1. The number of carboxylic acid groups (broad SMARTS) is 1. The molecule has 0 bridgehead atoms. The number of anilines is 2. The maximum atomic E-state index is 11.4. The molecular formula is C12H15ClN2O3. The van der Waals surface area contributed by atoms with Crippen LogP contribution in [0, 0.1) is 0 Å². The Hall–Kier alpha value is -1.75. The first-order chi connectivity index (χ1) is 8.40. The predicted octanol–water partition coefficient (Wildman–Crippen LogP) is 2.21. The van der Waals surface area contributed by atoms with Gasteiger partial charge in [0.15, 0.2) is 0 Å². The molecule has 0 aliphatic rings. The van der Waals surface area contributed by atoms with Crippen molar-refractivity contribution in [1.29, 1.82) is 0 Å². The number of hydrogen-bond acceptors (Lipinski definition) is 3. The normalized spacial score (nSPS) is 9.94. The van der Waals surface area contributed by atoms with E-state index < -0.39 is 5.97 Å². The lowest BCUT2D eigenvalue weighted by atomic mass is 10.2. The fourth-order valence-corrected chi connectivity index (χ4v) is 1.74. The van der Waals surface area contributed by atoms with Crippen molar-refractivity contribution < 1.29 is 14.7 Å². The molecule has 1 rings (SSSR count). The van der Waals surface area contributed by atoms with Crippen LogP contribution in [0.15, 0.2) is 18.2 Å². The zero-order chi connectivity index (χ0) is 13.7. The second-order valence-electron chi connectivity index (χ2n) is 4.00. The second-order valence-corrected chi connectivity index (χ2v) is 4.41. The number of carbonyl (C=O) groups is 2. The minimum atomic E-state index is -0.994. The average molecular weight is 271 g/mol. The lowest BCUT2D eigenvalue weighted by Crippen LogP contribution is -2.14. The number of carbonyl (C=O) groups excluding carboxylic acids is 1. The van der Waals surface area contributed by atoms with E-state index in [1.807, 2.05) is 19.0 Å². The Kier molecular flexibility index (Phi) is 4.97. The van der Waals surface area contributed by atoms with Gasteiger partial charge in [-0.1, -0.05) is 11.6 Å². The standard InChI is InChI=1S/C12H15ClN2O3/c1-15(2)10-4-3-8(7-9(10)13)14-11(16)5-6-12(17)18/h3-4,7H,5-6H2,1-2H3,(H,14,16)(H,17,18). The highest BCUT2D eigenvalue weighted by atomic mass is 35.5. The molecular weight excluding hydrogens is 256 g/mol. The van der Waals surface area contributed by atoms with E-state index in [-0.39, 0.29) is 18.7 Å². The number of aliphatic carboxylic acids is 1. The summed E-state index contributed by atoms with van der Waals surface area (Å²) in [5, 5.41) is 11.6. The third-order valence-electron chi connectivity index (χ3n) is 2.28. The zero-order valence-corrected chi connectivity index (χ0v) is 11.0. The summed E-state index contributed by atoms with van der Waals surface area (Å²) in [5.74, 6) is -1.34. The van der Waals surface area contributed by atoms with Crippen LogP contribution in [-0.2, 0) is 9.59 Å². The summed E-state index contributed by atoms with van der Waals surface area (Å²) in [6.45, 7) is 0. The van der Waals surface area contributed by atoms with E-state index >= 15 is 0 Å². The summed E-state index contributed by atoms with van der Waals surface area (Å²) >= 11 is 6.05. The molecule has 0 saturated heterocycles. The van der Waals surface area contributed by atoms with E-state index in [1.54, 1.807) is 18.2 Å². The highest BCUT2D eigenvalue weighted by Gasteiger charge is 2.08. The fourth-order valence-electron chi connectivity index (χ4n) is 1.39. The van der Waals surface area contributed by atoms with Gasteiger partial charge in [-0.2, -0.15) is 0 Å². The molecule has 18 heavy (non-hydrogen) atoms. The highest BCUT2D eigenvalue weighted by Crippen LogP contribution is 2.27. The molecule has 0 heterocycles. The fraction of sp³-hybridized carbons (Fsp3) is 0.333. The van der Waals surface area contributed by atoms with Crippen LogP contribution in [0.5, 0.6) is 0 Å². The molecule has 0 aliphatic carbocycles. The number of rotatable bonds is 5. The molecule has 6 heteroatoms. The Balaban J connectivity index is 2.66. The SMILES string of the molecule is CN(C)c1ccc(NC(=O)CCC(=O)O)cc1Cl. The topological polar surface area (TPSA) is 69.6 Å². The van der Waals surface area contributed by atoms with Gasteiger partial charge in [-0.15, -0.1) is 0 Å². The summed E-state index contributed by atoms with van der Waals surface area (Å²) < 4.78 is 0. The van der Waals surface area contributed by atoms with Crippen molar-refractivity contribution in [2.75, 3.05) is 24.3 Å². The largest absolute Gasteiger partial charge is 0.481 e. The first-order valence-corrected chi connectivity index (χ1v) is 5.76. The van der Waals surface area contributed by atoms with Gasteiger partial charge < -0.3 is 15.3 Å². The zero-order valence-electron chi connectivity index (χ0n) is 10.2. The Bertz CT molecular complexity index is 461. The van der Waals surface area contributed by atoms with Crippen molar-refractivity contribution in [2.45, 2.75) is 12.8 Å². The Morgan fingerprint density at radius 1 is 1.33 bits per heavy atom. The number of amides is 1. The van der Waals surface area contributed by atoms with Gasteiger partial charge in [-0.25, -0.2) is 0 Å². The smallest absolute Gasteiger partial charge is 0.303 e. The van der Waals surface area contributed by atoms with Crippen LogP contribution in [0.1, 0.15) is 12.8 Å². The summed E-state index contributed by atoms with van der Waals surface area (Å²) in [6.07, 6.45) is -0.238. The second kappa shape index (κ2) is 6.26. The summed E-state index contributed by atoms with van der Waals surface area (Å²) in [7, 11) is 3.73. The number of benzene rings is 1. The minimum Gasteiger partial charge on any atom is -0.481 e. The predicted molar refractivity (Wildman–Crippen MR) is 71.3 cm³/mol. The third-order valence-corrected chi connectivity index (χ3v) is 2.58. The quantitative estimate of drug-likeness (QED) is 0.861. The molecule has 1 aromatic carbocycles. The van der Waals surface area contributed by atoms with E-state index in [9.17, 15) is 9.59 Å². The van der Waals surface area contributed by atoms with Crippen molar-refractivity contribution in [3.63, 3.8) is 0 Å². The van der Waals surface area contributed by atoms with Crippen LogP contribution in [-0.4, -0.2) is 31.1 Å². The lowest BCUT2D eigenvalue weighted by molar-refractivity contribution is -0.138. The molecule has 1 amide bonds. The van der Waals surface area contributed by atoms with Gasteiger partial charge in [-0.05, 0) is 18.2 Å². The molecule has 2 N–H and O–H groups in total. The Morgan fingerprint density at radius 3 is 2.50 bits per heavy atom. The molecule has 0 spiro atoms. The molecule has 0 aliphatic heterocycles.